The number of hydrogen-bond donors (Lipinski definition) is 1. The molecule has 0 saturated carbocycles. The van der Waals surface area contributed by atoms with E-state index in [1.165, 1.54) is 12.1 Å². The van der Waals surface area contributed by atoms with Crippen molar-refractivity contribution in [2.75, 3.05) is 6.54 Å². The fraction of sp³-hybridized carbons (Fsp3) is 0.300. The highest BCUT2D eigenvalue weighted by molar-refractivity contribution is 7.18. The number of nitrogens with zero attached hydrogens (tertiary/aromatic N) is 2. The summed E-state index contributed by atoms with van der Waals surface area (Å²) < 4.78 is 41.5. The molecule has 0 aliphatic rings. The van der Waals surface area contributed by atoms with Crippen LogP contribution in [0, 0.1) is 6.92 Å². The highest BCUT2D eigenvalue weighted by Gasteiger charge is 2.32. The molecule has 1 amide bonds. The summed E-state index contributed by atoms with van der Waals surface area (Å²) in [6.45, 7) is 4.63. The molecule has 0 aliphatic carbocycles. The smallest absolute Gasteiger partial charge is 0.351 e. The van der Waals surface area contributed by atoms with Crippen molar-refractivity contribution >= 4 is 28.8 Å². The highest BCUT2D eigenvalue weighted by atomic mass is 35.5. The van der Waals surface area contributed by atoms with E-state index in [1.54, 1.807) is 23.0 Å². The predicted octanol–water partition coefficient (Wildman–Crippen LogP) is 5.58. The van der Waals surface area contributed by atoms with Gasteiger partial charge in [0, 0.05) is 18.7 Å². The average Bonchev–Trinajstić information content (AvgIpc) is 3.23. The number of carbonyl (C=O) groups is 1. The summed E-state index contributed by atoms with van der Waals surface area (Å²) in [5, 5.41) is 6.97. The molecule has 0 bridgehead atoms. The van der Waals surface area contributed by atoms with E-state index in [-0.39, 0.29) is 24.4 Å². The van der Waals surface area contributed by atoms with Gasteiger partial charge in [0.05, 0.1) is 22.3 Å². The largest absolute Gasteiger partial charge is 0.416 e. The number of benzene rings is 1. The molecule has 0 aliphatic heterocycles. The second kappa shape index (κ2) is 8.59. The molecular formula is C20H19ClF3N3OS. The van der Waals surface area contributed by atoms with Crippen LogP contribution in [-0.4, -0.2) is 22.2 Å². The van der Waals surface area contributed by atoms with E-state index < -0.39 is 11.7 Å². The first kappa shape index (κ1) is 21.4. The van der Waals surface area contributed by atoms with Gasteiger partial charge in [-0.25, -0.2) is 0 Å². The van der Waals surface area contributed by atoms with Crippen LogP contribution in [0.3, 0.4) is 0 Å². The fourth-order valence-corrected chi connectivity index (χ4v) is 4.32. The maximum absolute atomic E-state index is 13.1. The lowest BCUT2D eigenvalue weighted by Gasteiger charge is -2.12. The van der Waals surface area contributed by atoms with E-state index in [0.717, 1.165) is 34.2 Å². The molecule has 9 heteroatoms. The maximum Gasteiger partial charge on any atom is 0.416 e. The molecule has 1 aromatic carbocycles. The van der Waals surface area contributed by atoms with Crippen molar-refractivity contribution in [3.05, 3.63) is 62.4 Å². The Morgan fingerprint density at radius 2 is 2.03 bits per heavy atom. The Morgan fingerprint density at radius 3 is 2.72 bits per heavy atom. The van der Waals surface area contributed by atoms with Crippen LogP contribution in [0.5, 0.6) is 0 Å². The van der Waals surface area contributed by atoms with E-state index in [4.69, 9.17) is 11.6 Å². The number of nitrogens with one attached hydrogen (secondary N) is 1. The number of rotatable bonds is 6. The second-order valence-electron chi connectivity index (χ2n) is 6.45. The molecule has 0 saturated heterocycles. The third kappa shape index (κ3) is 4.64. The Kier molecular flexibility index (Phi) is 6.33. The summed E-state index contributed by atoms with van der Waals surface area (Å²) in [6.07, 6.45) is -2.60. The van der Waals surface area contributed by atoms with Crippen LogP contribution in [0.2, 0.25) is 4.34 Å². The van der Waals surface area contributed by atoms with Crippen LogP contribution in [0.1, 0.15) is 33.3 Å². The Bertz CT molecular complexity index is 1030. The van der Waals surface area contributed by atoms with Crippen LogP contribution < -0.4 is 5.32 Å². The quantitative estimate of drug-likeness (QED) is 0.542. The zero-order valence-corrected chi connectivity index (χ0v) is 17.4. The summed E-state index contributed by atoms with van der Waals surface area (Å²) >= 11 is 7.49. The second-order valence-corrected chi connectivity index (χ2v) is 8.11. The van der Waals surface area contributed by atoms with Crippen molar-refractivity contribution in [1.82, 2.24) is 15.1 Å². The Balaban J connectivity index is 1.71. The van der Waals surface area contributed by atoms with E-state index >= 15 is 0 Å². The van der Waals surface area contributed by atoms with Crippen LogP contribution in [0.25, 0.3) is 11.3 Å². The fourth-order valence-electron chi connectivity index (χ4n) is 3.12. The molecule has 0 unspecified atom stereocenters. The number of alkyl halides is 3. The number of thiophene rings is 1. The van der Waals surface area contributed by atoms with Crippen LogP contribution >= 0.6 is 22.9 Å². The number of aromatic nitrogens is 2. The topological polar surface area (TPSA) is 46.9 Å². The Morgan fingerprint density at radius 1 is 1.31 bits per heavy atom. The molecule has 0 radical (unpaired) electrons. The number of carbonyl (C=O) groups excluding carboxylic acids is 1. The molecule has 2 aromatic heterocycles. The van der Waals surface area contributed by atoms with Crippen LogP contribution in [0.4, 0.5) is 13.2 Å². The first-order chi connectivity index (χ1) is 13.7. The zero-order chi connectivity index (χ0) is 21.2. The summed E-state index contributed by atoms with van der Waals surface area (Å²) in [4.78, 5) is 12.9. The van der Waals surface area contributed by atoms with Gasteiger partial charge in [-0.2, -0.15) is 18.3 Å². The van der Waals surface area contributed by atoms with Gasteiger partial charge in [-0.05, 0) is 43.5 Å². The lowest BCUT2D eigenvalue weighted by molar-refractivity contribution is -0.138. The highest BCUT2D eigenvalue weighted by Crippen LogP contribution is 2.37. The first-order valence-corrected chi connectivity index (χ1v) is 10.2. The van der Waals surface area contributed by atoms with Gasteiger partial charge in [-0.15, -0.1) is 11.3 Å². The van der Waals surface area contributed by atoms with Crippen LogP contribution in [0.15, 0.2) is 36.5 Å². The molecule has 0 spiro atoms. The van der Waals surface area contributed by atoms with Gasteiger partial charge < -0.3 is 5.32 Å². The van der Waals surface area contributed by atoms with Crippen molar-refractivity contribution in [1.29, 1.82) is 0 Å². The van der Waals surface area contributed by atoms with E-state index in [9.17, 15) is 18.0 Å². The lowest BCUT2D eigenvalue weighted by atomic mass is 10.0. The van der Waals surface area contributed by atoms with Gasteiger partial charge in [0.15, 0.2) is 0 Å². The van der Waals surface area contributed by atoms with Crippen molar-refractivity contribution < 1.29 is 18.0 Å². The third-order valence-corrected chi connectivity index (χ3v) is 5.85. The van der Waals surface area contributed by atoms with Crippen LogP contribution in [-0.2, 0) is 19.1 Å². The molecule has 3 rings (SSSR count). The molecule has 29 heavy (non-hydrogen) atoms. The van der Waals surface area contributed by atoms with E-state index in [0.29, 0.717) is 15.8 Å². The molecule has 4 nitrogen and oxygen atoms in total. The van der Waals surface area contributed by atoms with Gasteiger partial charge in [0.25, 0.3) is 5.91 Å². The number of amides is 1. The van der Waals surface area contributed by atoms with E-state index in [2.05, 4.69) is 10.4 Å². The van der Waals surface area contributed by atoms with Gasteiger partial charge in [0.2, 0.25) is 0 Å². The molecule has 0 atom stereocenters. The first-order valence-electron chi connectivity index (χ1n) is 8.97. The SMILES string of the molecule is CCn1ncc(C)c1-c1cc(C(=O)NCCc2ccccc2C(F)(F)F)sc1Cl. The molecule has 3 aromatic rings. The monoisotopic (exact) mass is 441 g/mol. The summed E-state index contributed by atoms with van der Waals surface area (Å²) in [5.41, 5.74) is 1.99. The molecule has 1 N–H and O–H groups in total. The van der Waals surface area contributed by atoms with Gasteiger partial charge in [-0.3, -0.25) is 9.48 Å². The molecule has 0 fully saturated rings. The minimum Gasteiger partial charge on any atom is -0.351 e. The zero-order valence-electron chi connectivity index (χ0n) is 15.8. The third-order valence-electron chi connectivity index (χ3n) is 4.49. The molecular weight excluding hydrogens is 423 g/mol. The van der Waals surface area contributed by atoms with E-state index in [1.807, 2.05) is 13.8 Å². The lowest BCUT2D eigenvalue weighted by Crippen LogP contribution is -2.25. The average molecular weight is 442 g/mol. The summed E-state index contributed by atoms with van der Waals surface area (Å²) in [5.74, 6) is -0.368. The van der Waals surface area contributed by atoms with Crippen molar-refractivity contribution in [3.63, 3.8) is 0 Å². The van der Waals surface area contributed by atoms with Gasteiger partial charge in [-0.1, -0.05) is 29.8 Å². The summed E-state index contributed by atoms with van der Waals surface area (Å²) in [7, 11) is 0. The number of hydrogen-bond acceptors (Lipinski definition) is 3. The Hall–Kier alpha value is -2.32. The normalized spacial score (nSPS) is 11.7. The predicted molar refractivity (Wildman–Crippen MR) is 108 cm³/mol. The summed E-state index contributed by atoms with van der Waals surface area (Å²) in [6, 6.07) is 7.06. The minimum absolute atomic E-state index is 0.0785. The standard InChI is InChI=1S/C20H19ClF3N3OS/c1-3-27-17(12(2)11-26-27)14-10-16(29-18(14)21)19(28)25-9-8-13-6-4-5-7-15(13)20(22,23)24/h4-7,10-11H,3,8-9H2,1-2H3,(H,25,28). The minimum atomic E-state index is -4.42. The number of aryl methyl sites for hydroxylation is 2. The number of halogens is 4. The Labute approximate surface area is 175 Å². The maximum atomic E-state index is 13.1. The molecule has 2 heterocycles. The van der Waals surface area contributed by atoms with Gasteiger partial charge >= 0.3 is 6.18 Å². The molecule has 154 valence electrons. The van der Waals surface area contributed by atoms with Gasteiger partial charge in [0.1, 0.15) is 4.34 Å². The van der Waals surface area contributed by atoms with Crippen molar-refractivity contribution in [3.8, 4) is 11.3 Å². The van der Waals surface area contributed by atoms with Crippen molar-refractivity contribution in [2.45, 2.75) is 33.0 Å². The van der Waals surface area contributed by atoms with Crippen molar-refractivity contribution in [2.24, 2.45) is 0 Å².